The molecule has 19 heavy (non-hydrogen) atoms. The lowest BCUT2D eigenvalue weighted by atomic mass is 9.99. The number of carbonyl (C=O) groups excluding carboxylic acids is 1. The highest BCUT2D eigenvalue weighted by molar-refractivity contribution is 6.32. The average Bonchev–Trinajstić information content (AvgIpc) is 2.40. The summed E-state index contributed by atoms with van der Waals surface area (Å²) in [7, 11) is 0. The lowest BCUT2D eigenvalue weighted by Gasteiger charge is -2.31. The highest BCUT2D eigenvalue weighted by atomic mass is 35.5. The number of aromatic nitrogens is 1. The molecule has 2 heterocycles. The predicted molar refractivity (Wildman–Crippen MR) is 76.4 cm³/mol. The summed E-state index contributed by atoms with van der Waals surface area (Å²) in [5.41, 5.74) is 0.588. The summed E-state index contributed by atoms with van der Waals surface area (Å²) in [4.78, 5) is 17.6. The predicted octanol–water partition coefficient (Wildman–Crippen LogP) is 1.38. The maximum atomic E-state index is 12.3. The van der Waals surface area contributed by atoms with Crippen LogP contribution in [0.4, 0.5) is 5.69 Å². The second-order valence-corrected chi connectivity index (χ2v) is 5.77. The van der Waals surface area contributed by atoms with Crippen molar-refractivity contribution >= 4 is 23.2 Å². The molecule has 4 nitrogen and oxygen atoms in total. The molecule has 5 heteroatoms. The van der Waals surface area contributed by atoms with Crippen LogP contribution in [0.2, 0.25) is 5.15 Å². The third-order valence-corrected chi connectivity index (χ3v) is 4.13. The quantitative estimate of drug-likeness (QED) is 0.823. The lowest BCUT2D eigenvalue weighted by molar-refractivity contribution is -0.922. The monoisotopic (exact) mass is 282 g/mol. The summed E-state index contributed by atoms with van der Waals surface area (Å²) in [6.45, 7) is 6.36. The van der Waals surface area contributed by atoms with E-state index in [1.165, 1.54) is 17.7 Å². The Hall–Kier alpha value is -1.13. The Balaban J connectivity index is 1.97. The van der Waals surface area contributed by atoms with Crippen molar-refractivity contribution in [3.05, 3.63) is 23.5 Å². The van der Waals surface area contributed by atoms with Crippen molar-refractivity contribution < 1.29 is 9.69 Å². The Morgan fingerprint density at radius 3 is 3.11 bits per heavy atom. The average molecular weight is 283 g/mol. The summed E-state index contributed by atoms with van der Waals surface area (Å²) in [5.74, 6) is 0.708. The molecule has 2 N–H and O–H groups in total. The smallest absolute Gasteiger partial charge is 0.282 e. The fourth-order valence-electron chi connectivity index (χ4n) is 2.63. The fraction of sp³-hybridized carbons (Fsp3) is 0.571. The number of nitrogens with one attached hydrogen (secondary N) is 2. The zero-order valence-electron chi connectivity index (χ0n) is 11.4. The number of halogens is 1. The molecule has 104 valence electrons. The normalized spacial score (nSPS) is 24.8. The maximum Gasteiger partial charge on any atom is 0.282 e. The van der Waals surface area contributed by atoms with Gasteiger partial charge in [0.1, 0.15) is 0 Å². The molecule has 1 amide bonds. The number of hydrogen-bond acceptors (Lipinski definition) is 2. The summed E-state index contributed by atoms with van der Waals surface area (Å²) in [5, 5.41) is 3.21. The van der Waals surface area contributed by atoms with E-state index in [-0.39, 0.29) is 11.9 Å². The first kappa shape index (κ1) is 14.3. The summed E-state index contributed by atoms with van der Waals surface area (Å²) >= 11 is 5.95. The minimum atomic E-state index is -0.0565. The molecule has 3 atom stereocenters. The van der Waals surface area contributed by atoms with Gasteiger partial charge in [-0.3, -0.25) is 4.79 Å². The zero-order chi connectivity index (χ0) is 13.8. The molecule has 0 bridgehead atoms. The number of nitrogens with zero attached hydrogens (tertiary/aromatic N) is 1. The Morgan fingerprint density at radius 1 is 1.63 bits per heavy atom. The number of hydrogen-bond donors (Lipinski definition) is 2. The van der Waals surface area contributed by atoms with E-state index in [0.717, 1.165) is 13.1 Å². The van der Waals surface area contributed by atoms with Gasteiger partial charge < -0.3 is 10.2 Å². The number of quaternary nitrogens is 1. The van der Waals surface area contributed by atoms with E-state index in [1.807, 2.05) is 6.92 Å². The van der Waals surface area contributed by atoms with Crippen molar-refractivity contribution in [2.75, 3.05) is 18.4 Å². The minimum absolute atomic E-state index is 0.0130. The molecule has 1 aromatic rings. The third kappa shape index (κ3) is 3.67. The SMILES string of the molecule is C[C@@H]1CCC[NH+]([C@@H](C)C(=O)Nc2cccnc2Cl)C1. The number of likely N-dealkylation sites (tertiary alicyclic amines) is 1. The van der Waals surface area contributed by atoms with Gasteiger partial charge in [-0.2, -0.15) is 0 Å². The van der Waals surface area contributed by atoms with E-state index in [4.69, 9.17) is 11.6 Å². The lowest BCUT2D eigenvalue weighted by Crippen LogP contribution is -3.17. The molecule has 0 radical (unpaired) electrons. The molecule has 1 aliphatic heterocycles. The number of carbonyl (C=O) groups is 1. The van der Waals surface area contributed by atoms with E-state index in [9.17, 15) is 4.79 Å². The van der Waals surface area contributed by atoms with E-state index in [1.54, 1.807) is 18.3 Å². The first-order valence-corrected chi connectivity index (χ1v) is 7.21. The van der Waals surface area contributed by atoms with Crippen LogP contribution in [0.5, 0.6) is 0 Å². The Labute approximate surface area is 119 Å². The first-order valence-electron chi connectivity index (χ1n) is 6.84. The summed E-state index contributed by atoms with van der Waals surface area (Å²) < 4.78 is 0. The summed E-state index contributed by atoms with van der Waals surface area (Å²) in [6.07, 6.45) is 4.08. The van der Waals surface area contributed by atoms with E-state index in [0.29, 0.717) is 16.8 Å². The third-order valence-electron chi connectivity index (χ3n) is 3.83. The van der Waals surface area contributed by atoms with Crippen LogP contribution in [0.25, 0.3) is 0 Å². The van der Waals surface area contributed by atoms with Crippen molar-refractivity contribution in [2.45, 2.75) is 32.7 Å². The van der Waals surface area contributed by atoms with Gasteiger partial charge in [-0.1, -0.05) is 18.5 Å². The number of piperidine rings is 1. The Kier molecular flexibility index (Phi) is 4.77. The Bertz CT molecular complexity index is 452. The number of pyridine rings is 1. The highest BCUT2D eigenvalue weighted by Crippen LogP contribution is 2.17. The van der Waals surface area contributed by atoms with Crippen molar-refractivity contribution in [3.63, 3.8) is 0 Å². The largest absolute Gasteiger partial charge is 0.325 e. The number of rotatable bonds is 3. The maximum absolute atomic E-state index is 12.3. The van der Waals surface area contributed by atoms with Gasteiger partial charge in [-0.15, -0.1) is 0 Å². The van der Waals surface area contributed by atoms with Gasteiger partial charge in [-0.05, 0) is 31.9 Å². The van der Waals surface area contributed by atoms with Gasteiger partial charge in [0.2, 0.25) is 0 Å². The first-order chi connectivity index (χ1) is 9.08. The highest BCUT2D eigenvalue weighted by Gasteiger charge is 2.29. The van der Waals surface area contributed by atoms with Crippen LogP contribution in [0.1, 0.15) is 26.7 Å². The van der Waals surface area contributed by atoms with Crippen molar-refractivity contribution in [2.24, 2.45) is 5.92 Å². The van der Waals surface area contributed by atoms with Crippen LogP contribution in [0.3, 0.4) is 0 Å². The minimum Gasteiger partial charge on any atom is -0.325 e. The molecule has 0 saturated carbocycles. The van der Waals surface area contributed by atoms with Crippen molar-refractivity contribution in [1.82, 2.24) is 4.98 Å². The topological polar surface area (TPSA) is 46.4 Å². The summed E-state index contributed by atoms with van der Waals surface area (Å²) in [6, 6.07) is 3.48. The van der Waals surface area contributed by atoms with Crippen LogP contribution in [-0.4, -0.2) is 30.0 Å². The van der Waals surface area contributed by atoms with E-state index in [2.05, 4.69) is 17.2 Å². The van der Waals surface area contributed by atoms with Crippen molar-refractivity contribution in [3.8, 4) is 0 Å². The van der Waals surface area contributed by atoms with E-state index < -0.39 is 0 Å². The molecule has 1 unspecified atom stereocenters. The van der Waals surface area contributed by atoms with E-state index >= 15 is 0 Å². The second-order valence-electron chi connectivity index (χ2n) is 5.41. The van der Waals surface area contributed by atoms with Crippen LogP contribution >= 0.6 is 11.6 Å². The molecular formula is C14H21ClN3O+. The van der Waals surface area contributed by atoms with Gasteiger partial charge in [-0.25, -0.2) is 4.98 Å². The molecule has 0 aliphatic carbocycles. The van der Waals surface area contributed by atoms with Crippen molar-refractivity contribution in [1.29, 1.82) is 0 Å². The van der Waals surface area contributed by atoms with Gasteiger partial charge >= 0.3 is 0 Å². The fourth-order valence-corrected chi connectivity index (χ4v) is 2.79. The second kappa shape index (κ2) is 6.35. The molecule has 1 fully saturated rings. The van der Waals surface area contributed by atoms with Gasteiger partial charge in [0, 0.05) is 12.1 Å². The number of amides is 1. The van der Waals surface area contributed by atoms with Gasteiger partial charge in [0.25, 0.3) is 5.91 Å². The van der Waals surface area contributed by atoms with Crippen LogP contribution < -0.4 is 10.2 Å². The Morgan fingerprint density at radius 2 is 2.42 bits per heavy atom. The molecule has 0 spiro atoms. The number of anilines is 1. The molecule has 2 rings (SSSR count). The molecular weight excluding hydrogens is 262 g/mol. The standard InChI is InChI=1S/C14H20ClN3O/c1-10-5-4-8-18(9-10)11(2)14(19)17-12-6-3-7-16-13(12)15/h3,6-7,10-11H,4-5,8-9H2,1-2H3,(H,17,19)/p+1/t10-,11+/m1/s1. The van der Waals surface area contributed by atoms with Gasteiger partial charge in [0.05, 0.1) is 18.8 Å². The zero-order valence-corrected chi connectivity index (χ0v) is 12.2. The molecule has 1 aromatic heterocycles. The van der Waals surface area contributed by atoms with Crippen LogP contribution in [-0.2, 0) is 4.79 Å². The molecule has 0 aromatic carbocycles. The van der Waals surface area contributed by atoms with Crippen LogP contribution in [0.15, 0.2) is 18.3 Å². The molecule has 1 aliphatic rings. The van der Waals surface area contributed by atoms with Crippen LogP contribution in [0, 0.1) is 5.92 Å². The van der Waals surface area contributed by atoms with Gasteiger partial charge in [0.15, 0.2) is 11.2 Å². The molecule has 1 saturated heterocycles.